The van der Waals surface area contributed by atoms with E-state index in [-0.39, 0.29) is 10.8 Å². The Morgan fingerprint density at radius 1 is 1.00 bits per heavy atom. The van der Waals surface area contributed by atoms with E-state index in [4.69, 9.17) is 9.97 Å². The van der Waals surface area contributed by atoms with E-state index in [0.29, 0.717) is 0 Å². The predicted molar refractivity (Wildman–Crippen MR) is 94.0 cm³/mol. The van der Waals surface area contributed by atoms with Gasteiger partial charge in [-0.3, -0.25) is 0 Å². The fourth-order valence-electron chi connectivity index (χ4n) is 2.09. The van der Waals surface area contributed by atoms with E-state index in [9.17, 15) is 0 Å². The molecule has 2 aromatic heterocycles. The van der Waals surface area contributed by atoms with Gasteiger partial charge in [-0.1, -0.05) is 41.5 Å². The predicted octanol–water partition coefficient (Wildman–Crippen LogP) is 4.14. The van der Waals surface area contributed by atoms with Gasteiger partial charge >= 0.3 is 0 Å². The fourth-order valence-corrected chi connectivity index (χ4v) is 3.03. The van der Waals surface area contributed by atoms with E-state index < -0.39 is 0 Å². The fraction of sp³-hybridized carbons (Fsp3) is 0.647. The Labute approximate surface area is 143 Å². The van der Waals surface area contributed by atoms with E-state index >= 15 is 0 Å². The maximum atomic E-state index is 4.80. The lowest BCUT2D eigenvalue weighted by atomic mass is 9.90. The number of hydrogen-bond donors (Lipinski definition) is 0. The van der Waals surface area contributed by atoms with Crippen molar-refractivity contribution >= 4 is 11.8 Å². The summed E-state index contributed by atoms with van der Waals surface area (Å²) in [6.45, 7) is 17.9. The van der Waals surface area contributed by atoms with Gasteiger partial charge in [0.2, 0.25) is 0 Å². The van der Waals surface area contributed by atoms with Crippen molar-refractivity contribution in [2.45, 2.75) is 82.9 Å². The number of aromatic nitrogens is 5. The van der Waals surface area contributed by atoms with Gasteiger partial charge in [0.15, 0.2) is 5.16 Å². The Morgan fingerprint density at radius 2 is 1.65 bits per heavy atom. The normalized spacial score (nSPS) is 12.7. The summed E-state index contributed by atoms with van der Waals surface area (Å²) >= 11 is 1.56. The van der Waals surface area contributed by atoms with Gasteiger partial charge in [0.1, 0.15) is 16.7 Å². The van der Waals surface area contributed by atoms with Crippen molar-refractivity contribution in [3.8, 4) is 0 Å². The zero-order valence-corrected chi connectivity index (χ0v) is 16.2. The van der Waals surface area contributed by atoms with Crippen LogP contribution in [0.4, 0.5) is 0 Å². The minimum Gasteiger partial charge on any atom is -0.306 e. The van der Waals surface area contributed by atoms with E-state index in [1.165, 1.54) is 0 Å². The summed E-state index contributed by atoms with van der Waals surface area (Å²) in [6, 6.07) is 2.07. The second-order valence-electron chi connectivity index (χ2n) is 7.79. The van der Waals surface area contributed by atoms with Gasteiger partial charge in [-0.25, -0.2) is 9.97 Å². The summed E-state index contributed by atoms with van der Waals surface area (Å²) in [5, 5.41) is 10.3. The molecular formula is C17H27N5S. The first kappa shape index (κ1) is 17.9. The van der Waals surface area contributed by atoms with Crippen molar-refractivity contribution in [2.24, 2.45) is 0 Å². The summed E-state index contributed by atoms with van der Waals surface area (Å²) < 4.78 is 2.10. The van der Waals surface area contributed by atoms with Gasteiger partial charge in [-0.05, 0) is 31.7 Å². The molecule has 0 fully saturated rings. The molecule has 0 amide bonds. The Hall–Kier alpha value is -1.43. The zero-order valence-electron chi connectivity index (χ0n) is 15.4. The SMILES string of the molecule is CCn1c(C)nnc1Sc1cc(C(C)(C)C)nc(C(C)(C)C)n1. The van der Waals surface area contributed by atoms with Crippen LogP contribution in [0.1, 0.15) is 65.8 Å². The highest BCUT2D eigenvalue weighted by Crippen LogP contribution is 2.31. The third-order valence-corrected chi connectivity index (χ3v) is 4.46. The van der Waals surface area contributed by atoms with Crippen LogP contribution in [0.15, 0.2) is 16.2 Å². The molecule has 0 atom stereocenters. The van der Waals surface area contributed by atoms with Gasteiger partial charge in [0, 0.05) is 17.4 Å². The summed E-state index contributed by atoms with van der Waals surface area (Å²) in [5.41, 5.74) is 0.941. The maximum absolute atomic E-state index is 4.80. The number of nitrogens with zero attached hydrogens (tertiary/aromatic N) is 5. The average Bonchev–Trinajstić information content (AvgIpc) is 2.76. The lowest BCUT2D eigenvalue weighted by Crippen LogP contribution is -2.22. The van der Waals surface area contributed by atoms with E-state index in [1.807, 2.05) is 6.92 Å². The third kappa shape index (κ3) is 4.10. The van der Waals surface area contributed by atoms with Crippen LogP contribution in [0.5, 0.6) is 0 Å². The standard InChI is InChI=1S/C17H27N5S/c1-9-22-11(2)20-21-15(22)23-13-10-12(16(3,4)5)18-14(19-13)17(6,7)8/h10H,9H2,1-8H3. The van der Waals surface area contributed by atoms with Crippen LogP contribution in [-0.2, 0) is 17.4 Å². The average molecular weight is 334 g/mol. The largest absolute Gasteiger partial charge is 0.306 e. The number of rotatable bonds is 3. The quantitative estimate of drug-likeness (QED) is 0.790. The lowest BCUT2D eigenvalue weighted by Gasteiger charge is -2.23. The van der Waals surface area contributed by atoms with Crippen LogP contribution in [0.3, 0.4) is 0 Å². The van der Waals surface area contributed by atoms with E-state index in [2.05, 4.69) is 69.3 Å². The molecule has 0 radical (unpaired) electrons. The molecule has 2 aromatic rings. The van der Waals surface area contributed by atoms with E-state index in [1.54, 1.807) is 11.8 Å². The molecule has 126 valence electrons. The Bertz CT molecular complexity index is 660. The third-order valence-electron chi connectivity index (χ3n) is 3.56. The highest BCUT2D eigenvalue weighted by molar-refractivity contribution is 7.99. The number of hydrogen-bond acceptors (Lipinski definition) is 5. The van der Waals surface area contributed by atoms with Crippen LogP contribution < -0.4 is 0 Å². The van der Waals surface area contributed by atoms with E-state index in [0.717, 1.165) is 34.1 Å². The monoisotopic (exact) mass is 333 g/mol. The minimum absolute atomic E-state index is 0.0212. The van der Waals surface area contributed by atoms with Crippen molar-refractivity contribution in [3.05, 3.63) is 23.4 Å². The zero-order chi connectivity index (χ0) is 17.4. The molecule has 0 unspecified atom stereocenters. The molecule has 2 heterocycles. The first-order valence-corrected chi connectivity index (χ1v) is 8.81. The van der Waals surface area contributed by atoms with Gasteiger partial charge in [-0.2, -0.15) is 0 Å². The van der Waals surface area contributed by atoms with Crippen LogP contribution in [-0.4, -0.2) is 24.7 Å². The number of aryl methyl sites for hydroxylation is 1. The topological polar surface area (TPSA) is 56.5 Å². The molecule has 0 bridgehead atoms. The summed E-state index contributed by atoms with van der Waals surface area (Å²) in [7, 11) is 0. The van der Waals surface area contributed by atoms with Gasteiger partial charge < -0.3 is 4.57 Å². The Morgan fingerprint density at radius 3 is 2.17 bits per heavy atom. The molecule has 0 aliphatic rings. The van der Waals surface area contributed by atoms with Crippen molar-refractivity contribution in [2.75, 3.05) is 0 Å². The molecule has 6 heteroatoms. The van der Waals surface area contributed by atoms with Crippen LogP contribution >= 0.6 is 11.8 Å². The molecular weight excluding hydrogens is 306 g/mol. The van der Waals surface area contributed by atoms with Gasteiger partial charge in [0.25, 0.3) is 0 Å². The van der Waals surface area contributed by atoms with Crippen LogP contribution in [0, 0.1) is 6.92 Å². The van der Waals surface area contributed by atoms with Crippen LogP contribution in [0.25, 0.3) is 0 Å². The lowest BCUT2D eigenvalue weighted by molar-refractivity contribution is 0.505. The molecule has 0 aliphatic carbocycles. The van der Waals surface area contributed by atoms with Crippen molar-refractivity contribution in [1.82, 2.24) is 24.7 Å². The first-order chi connectivity index (χ1) is 10.5. The molecule has 2 rings (SSSR count). The molecule has 0 aromatic carbocycles. The van der Waals surface area contributed by atoms with Crippen molar-refractivity contribution in [3.63, 3.8) is 0 Å². The second-order valence-corrected chi connectivity index (χ2v) is 8.78. The Balaban J connectivity index is 2.49. The summed E-state index contributed by atoms with van der Waals surface area (Å²) in [4.78, 5) is 9.57. The maximum Gasteiger partial charge on any atom is 0.197 e. The molecule has 0 N–H and O–H groups in total. The molecule has 0 spiro atoms. The molecule has 0 saturated carbocycles. The molecule has 23 heavy (non-hydrogen) atoms. The smallest absolute Gasteiger partial charge is 0.197 e. The highest BCUT2D eigenvalue weighted by Gasteiger charge is 2.24. The highest BCUT2D eigenvalue weighted by atomic mass is 32.2. The second kappa shape index (κ2) is 6.23. The van der Waals surface area contributed by atoms with Gasteiger partial charge in [0.05, 0.1) is 5.69 Å². The van der Waals surface area contributed by atoms with Crippen molar-refractivity contribution in [1.29, 1.82) is 0 Å². The summed E-state index contributed by atoms with van der Waals surface area (Å²) in [6.07, 6.45) is 0. The van der Waals surface area contributed by atoms with Gasteiger partial charge in [-0.15, -0.1) is 10.2 Å². The molecule has 0 aliphatic heterocycles. The Kier molecular flexibility index (Phi) is 4.85. The summed E-state index contributed by atoms with van der Waals surface area (Å²) in [5.74, 6) is 1.79. The first-order valence-electron chi connectivity index (χ1n) is 8.00. The minimum atomic E-state index is -0.0923. The van der Waals surface area contributed by atoms with Crippen LogP contribution in [0.2, 0.25) is 0 Å². The molecule has 5 nitrogen and oxygen atoms in total. The van der Waals surface area contributed by atoms with Crippen molar-refractivity contribution < 1.29 is 0 Å². The molecule has 0 saturated heterocycles.